The molecule has 4 atom stereocenters. The van der Waals surface area contributed by atoms with E-state index in [9.17, 15) is 9.59 Å². The Balaban J connectivity index is 2.30. The number of hydrogen-bond acceptors (Lipinski definition) is 2. The third-order valence-corrected chi connectivity index (χ3v) is 5.03. The summed E-state index contributed by atoms with van der Waals surface area (Å²) in [4.78, 5) is 27.2. The molecule has 4 heteroatoms. The number of nitrogens with zero attached hydrogens (tertiary/aromatic N) is 1. The molecule has 0 aromatic heterocycles. The Bertz CT molecular complexity index is 417. The molecule has 4 unspecified atom stereocenters. The fourth-order valence-corrected chi connectivity index (χ4v) is 3.23. The number of amides is 2. The lowest BCUT2D eigenvalue weighted by molar-refractivity contribution is -0.154. The van der Waals surface area contributed by atoms with Crippen LogP contribution in [0.3, 0.4) is 0 Å². The Morgan fingerprint density at radius 3 is 2.25 bits per heavy atom. The maximum Gasteiger partial charge on any atom is 0.246 e. The van der Waals surface area contributed by atoms with E-state index in [0.717, 1.165) is 12.8 Å². The SMILES string of the molecule is CCC(C)C1NC(=O)C(C(C)C)N(C2CC2(C)C)C1=O. The summed E-state index contributed by atoms with van der Waals surface area (Å²) >= 11 is 0. The van der Waals surface area contributed by atoms with E-state index in [1.807, 2.05) is 25.7 Å². The van der Waals surface area contributed by atoms with Crippen molar-refractivity contribution >= 4 is 11.8 Å². The monoisotopic (exact) mass is 280 g/mol. The van der Waals surface area contributed by atoms with Gasteiger partial charge in [-0.15, -0.1) is 0 Å². The number of carbonyl (C=O) groups is 2. The summed E-state index contributed by atoms with van der Waals surface area (Å²) in [6, 6.07) is -0.437. The van der Waals surface area contributed by atoms with Crippen molar-refractivity contribution in [1.82, 2.24) is 10.2 Å². The molecule has 1 aliphatic heterocycles. The number of hydrogen-bond donors (Lipinski definition) is 1. The Morgan fingerprint density at radius 2 is 1.85 bits per heavy atom. The van der Waals surface area contributed by atoms with Gasteiger partial charge in [0.15, 0.2) is 0 Å². The van der Waals surface area contributed by atoms with Crippen molar-refractivity contribution in [2.24, 2.45) is 17.3 Å². The zero-order valence-corrected chi connectivity index (χ0v) is 13.6. The molecule has 1 saturated carbocycles. The smallest absolute Gasteiger partial charge is 0.246 e. The Kier molecular flexibility index (Phi) is 3.87. The summed E-state index contributed by atoms with van der Waals surface area (Å²) in [6.45, 7) is 12.5. The van der Waals surface area contributed by atoms with Crippen molar-refractivity contribution in [2.45, 2.75) is 72.5 Å². The minimum Gasteiger partial charge on any atom is -0.342 e. The lowest BCUT2D eigenvalue weighted by Crippen LogP contribution is -2.67. The number of nitrogens with one attached hydrogen (secondary N) is 1. The zero-order valence-electron chi connectivity index (χ0n) is 13.6. The van der Waals surface area contributed by atoms with Crippen molar-refractivity contribution in [3.05, 3.63) is 0 Å². The Labute approximate surface area is 122 Å². The molecular formula is C16H28N2O2. The van der Waals surface area contributed by atoms with Gasteiger partial charge in [-0.3, -0.25) is 9.59 Å². The summed E-state index contributed by atoms with van der Waals surface area (Å²) in [5.41, 5.74) is 0.153. The highest BCUT2D eigenvalue weighted by atomic mass is 16.2. The van der Waals surface area contributed by atoms with Gasteiger partial charge < -0.3 is 10.2 Å². The molecule has 0 radical (unpaired) electrons. The van der Waals surface area contributed by atoms with E-state index in [-0.39, 0.29) is 47.2 Å². The van der Waals surface area contributed by atoms with Gasteiger partial charge >= 0.3 is 0 Å². The van der Waals surface area contributed by atoms with Crippen molar-refractivity contribution in [3.8, 4) is 0 Å². The second kappa shape index (κ2) is 5.05. The van der Waals surface area contributed by atoms with Gasteiger partial charge in [0.1, 0.15) is 12.1 Å². The van der Waals surface area contributed by atoms with Gasteiger partial charge in [0, 0.05) is 6.04 Å². The van der Waals surface area contributed by atoms with E-state index in [1.165, 1.54) is 0 Å². The fraction of sp³-hybridized carbons (Fsp3) is 0.875. The molecule has 2 rings (SSSR count). The molecule has 0 aromatic carbocycles. The molecule has 0 spiro atoms. The largest absolute Gasteiger partial charge is 0.342 e. The normalized spacial score (nSPS) is 34.1. The highest BCUT2D eigenvalue weighted by molar-refractivity contribution is 5.97. The van der Waals surface area contributed by atoms with Gasteiger partial charge in [0.2, 0.25) is 11.8 Å². The third kappa shape index (κ3) is 2.45. The van der Waals surface area contributed by atoms with Crippen molar-refractivity contribution < 1.29 is 9.59 Å². The van der Waals surface area contributed by atoms with Crippen LogP contribution in [0.1, 0.15) is 54.4 Å². The van der Waals surface area contributed by atoms with Crippen LogP contribution >= 0.6 is 0 Å². The fourth-order valence-electron chi connectivity index (χ4n) is 3.23. The molecule has 4 nitrogen and oxygen atoms in total. The van der Waals surface area contributed by atoms with Gasteiger partial charge in [0.25, 0.3) is 0 Å². The first-order valence-corrected chi connectivity index (χ1v) is 7.83. The first kappa shape index (κ1) is 15.3. The molecule has 2 fully saturated rings. The summed E-state index contributed by atoms with van der Waals surface area (Å²) < 4.78 is 0. The Hall–Kier alpha value is -1.06. The maximum atomic E-state index is 12.9. The summed E-state index contributed by atoms with van der Waals surface area (Å²) in [5.74, 6) is 0.470. The van der Waals surface area contributed by atoms with Gasteiger partial charge in [-0.05, 0) is 23.7 Å². The van der Waals surface area contributed by atoms with Crippen LogP contribution < -0.4 is 5.32 Å². The minimum atomic E-state index is -0.348. The highest BCUT2D eigenvalue weighted by Gasteiger charge is 2.57. The van der Waals surface area contributed by atoms with Crippen LogP contribution in [0.2, 0.25) is 0 Å². The van der Waals surface area contributed by atoms with Crippen LogP contribution in [0.25, 0.3) is 0 Å². The molecule has 1 N–H and O–H groups in total. The lowest BCUT2D eigenvalue weighted by atomic mass is 9.90. The molecule has 1 saturated heterocycles. The number of carbonyl (C=O) groups excluding carboxylic acids is 2. The number of rotatable bonds is 4. The second-order valence-electron chi connectivity index (χ2n) is 7.51. The summed E-state index contributed by atoms with van der Waals surface area (Å²) in [6.07, 6.45) is 1.90. The molecule has 2 aliphatic rings. The first-order chi connectivity index (χ1) is 9.20. The van der Waals surface area contributed by atoms with E-state index in [4.69, 9.17) is 0 Å². The zero-order chi connectivity index (χ0) is 15.2. The van der Waals surface area contributed by atoms with Crippen molar-refractivity contribution in [3.63, 3.8) is 0 Å². The highest BCUT2D eigenvalue weighted by Crippen LogP contribution is 2.50. The first-order valence-electron chi connectivity index (χ1n) is 7.83. The molecule has 1 heterocycles. The summed E-state index contributed by atoms with van der Waals surface area (Å²) in [7, 11) is 0. The van der Waals surface area contributed by atoms with E-state index in [2.05, 4.69) is 26.1 Å². The molecule has 0 bridgehead atoms. The lowest BCUT2D eigenvalue weighted by Gasteiger charge is -2.43. The summed E-state index contributed by atoms with van der Waals surface area (Å²) in [5, 5.41) is 2.96. The minimum absolute atomic E-state index is 0.0209. The standard InChI is InChI=1S/C16H28N2O2/c1-7-10(4)12-15(20)18(11-8-16(11,5)6)13(9(2)3)14(19)17-12/h9-13H,7-8H2,1-6H3,(H,17,19). The maximum absolute atomic E-state index is 12.9. The molecule has 1 aliphatic carbocycles. The van der Waals surface area contributed by atoms with Crippen molar-refractivity contribution in [2.75, 3.05) is 0 Å². The predicted molar refractivity (Wildman–Crippen MR) is 79.0 cm³/mol. The molecule has 0 aromatic rings. The van der Waals surface area contributed by atoms with Gasteiger partial charge in [-0.2, -0.15) is 0 Å². The van der Waals surface area contributed by atoms with Crippen LogP contribution in [0.15, 0.2) is 0 Å². The molecule has 20 heavy (non-hydrogen) atoms. The second-order valence-corrected chi connectivity index (χ2v) is 7.51. The van der Waals surface area contributed by atoms with Crippen LogP contribution in [0.4, 0.5) is 0 Å². The van der Waals surface area contributed by atoms with Gasteiger partial charge in [-0.1, -0.05) is 48.0 Å². The molecular weight excluding hydrogens is 252 g/mol. The third-order valence-electron chi connectivity index (χ3n) is 5.03. The number of piperazine rings is 1. The van der Waals surface area contributed by atoms with Gasteiger partial charge in [0.05, 0.1) is 0 Å². The van der Waals surface area contributed by atoms with Crippen LogP contribution in [-0.2, 0) is 9.59 Å². The average Bonchev–Trinajstić information content (AvgIpc) is 2.98. The van der Waals surface area contributed by atoms with E-state index in [1.54, 1.807) is 0 Å². The Morgan fingerprint density at radius 1 is 1.30 bits per heavy atom. The predicted octanol–water partition coefficient (Wildman–Crippen LogP) is 2.18. The molecule has 114 valence electrons. The van der Waals surface area contributed by atoms with Crippen molar-refractivity contribution in [1.29, 1.82) is 0 Å². The van der Waals surface area contributed by atoms with Crippen LogP contribution in [-0.4, -0.2) is 34.8 Å². The van der Waals surface area contributed by atoms with E-state index >= 15 is 0 Å². The van der Waals surface area contributed by atoms with Gasteiger partial charge in [-0.25, -0.2) is 0 Å². The molecule has 2 amide bonds. The van der Waals surface area contributed by atoms with Crippen LogP contribution in [0.5, 0.6) is 0 Å². The van der Waals surface area contributed by atoms with E-state index in [0.29, 0.717) is 0 Å². The van der Waals surface area contributed by atoms with Crippen LogP contribution in [0, 0.1) is 17.3 Å². The van der Waals surface area contributed by atoms with E-state index < -0.39 is 0 Å². The quantitative estimate of drug-likeness (QED) is 0.858. The average molecular weight is 280 g/mol. The topological polar surface area (TPSA) is 49.4 Å².